The molecule has 0 unspecified atom stereocenters. The monoisotopic (exact) mass is 154 g/mol. The smallest absolute Gasteiger partial charge is 0.204 e. The molecule has 0 N–H and O–H groups in total. The van der Waals surface area contributed by atoms with Gasteiger partial charge >= 0.3 is 0 Å². The summed E-state index contributed by atoms with van der Waals surface area (Å²) in [6.45, 7) is 6.70. The van der Waals surface area contributed by atoms with Crippen molar-refractivity contribution >= 4 is 13.9 Å². The zero-order valence-electron chi connectivity index (χ0n) is 6.90. The van der Waals surface area contributed by atoms with Crippen LogP contribution < -0.4 is 0 Å². The summed E-state index contributed by atoms with van der Waals surface area (Å²) in [6.07, 6.45) is 5.49. The van der Waals surface area contributed by atoms with Crippen LogP contribution in [0, 0.1) is 12.3 Å². The van der Waals surface area contributed by atoms with Crippen molar-refractivity contribution in [3.05, 3.63) is 0 Å². The molecular weight excluding hydrogens is 140 g/mol. The van der Waals surface area contributed by atoms with E-state index < -0.39 is 8.07 Å². The summed E-state index contributed by atoms with van der Waals surface area (Å²) in [5.41, 5.74) is 0. The van der Waals surface area contributed by atoms with Gasteiger partial charge in [-0.1, -0.05) is 19.6 Å². The number of rotatable bonds is 3. The first-order chi connectivity index (χ1) is 4.45. The fourth-order valence-corrected chi connectivity index (χ4v) is 1.54. The lowest BCUT2D eigenvalue weighted by Gasteiger charge is -2.12. The van der Waals surface area contributed by atoms with E-state index in [1.807, 2.05) is 0 Å². The van der Waals surface area contributed by atoms with Gasteiger partial charge in [0.2, 0.25) is 5.78 Å². The van der Waals surface area contributed by atoms with E-state index in [-0.39, 0.29) is 5.78 Å². The summed E-state index contributed by atoms with van der Waals surface area (Å²) < 4.78 is 0. The van der Waals surface area contributed by atoms with Gasteiger partial charge in [-0.25, -0.2) is 0 Å². The van der Waals surface area contributed by atoms with Crippen LogP contribution in [0.15, 0.2) is 0 Å². The van der Waals surface area contributed by atoms with Crippen molar-refractivity contribution < 1.29 is 4.79 Å². The molecular formula is C8H14OSi. The fraction of sp³-hybridized carbons (Fsp3) is 0.625. The average molecular weight is 154 g/mol. The molecule has 0 aliphatic heterocycles. The second-order valence-corrected chi connectivity index (χ2v) is 9.25. The lowest BCUT2D eigenvalue weighted by Crippen LogP contribution is -2.20. The summed E-state index contributed by atoms with van der Waals surface area (Å²) in [5.74, 6) is 2.07. The number of ketones is 1. The number of Topliss-reactive ketones (excluding diaryl/α,β-unsaturated/α-hetero) is 1. The highest BCUT2D eigenvalue weighted by Gasteiger charge is 2.13. The molecule has 56 valence electrons. The third kappa shape index (κ3) is 5.58. The van der Waals surface area contributed by atoms with E-state index >= 15 is 0 Å². The molecule has 10 heavy (non-hydrogen) atoms. The maximum absolute atomic E-state index is 10.6. The molecule has 0 atom stereocenters. The lowest BCUT2D eigenvalue weighted by atomic mass is 10.3. The molecule has 0 aromatic heterocycles. The van der Waals surface area contributed by atoms with Crippen LogP contribution in [-0.4, -0.2) is 13.9 Å². The van der Waals surface area contributed by atoms with Crippen molar-refractivity contribution in [3.8, 4) is 12.3 Å². The van der Waals surface area contributed by atoms with Crippen LogP contribution in [0.1, 0.15) is 6.42 Å². The summed E-state index contributed by atoms with van der Waals surface area (Å²) in [6, 6.07) is 1.01. The first-order valence-corrected chi connectivity index (χ1v) is 7.16. The number of carbonyl (C=O) groups is 1. The topological polar surface area (TPSA) is 17.1 Å². The van der Waals surface area contributed by atoms with E-state index in [0.717, 1.165) is 6.04 Å². The Morgan fingerprint density at radius 3 is 2.30 bits per heavy atom. The van der Waals surface area contributed by atoms with Crippen LogP contribution in [0.3, 0.4) is 0 Å². The molecule has 0 amide bonds. The molecule has 0 saturated heterocycles. The summed E-state index contributed by atoms with van der Waals surface area (Å²) in [4.78, 5) is 10.6. The minimum Gasteiger partial charge on any atom is -0.285 e. The number of carbonyl (C=O) groups excluding carboxylic acids is 1. The predicted octanol–water partition coefficient (Wildman–Crippen LogP) is 1.92. The van der Waals surface area contributed by atoms with Crippen molar-refractivity contribution in [2.75, 3.05) is 0 Å². The van der Waals surface area contributed by atoms with Gasteiger partial charge in [-0.2, -0.15) is 0 Å². The molecule has 0 bridgehead atoms. The highest BCUT2D eigenvalue weighted by atomic mass is 28.3. The Kier molecular flexibility index (Phi) is 3.38. The Bertz CT molecular complexity index is 159. The molecule has 0 aliphatic rings. The largest absolute Gasteiger partial charge is 0.285 e. The zero-order valence-corrected chi connectivity index (χ0v) is 7.90. The minimum absolute atomic E-state index is 0.0533. The standard InChI is InChI=1S/C8H14OSi/c1-5-8(9)6-7-10(2,3)4/h1H,6-7H2,2-4H3. The normalized spacial score (nSPS) is 10.6. The Hall–Kier alpha value is -0.553. The van der Waals surface area contributed by atoms with Crippen LogP contribution >= 0.6 is 0 Å². The van der Waals surface area contributed by atoms with Crippen LogP contribution in [0.2, 0.25) is 25.7 Å². The van der Waals surface area contributed by atoms with E-state index in [4.69, 9.17) is 6.42 Å². The van der Waals surface area contributed by atoms with Gasteiger partial charge in [0, 0.05) is 14.5 Å². The fourth-order valence-electron chi connectivity index (χ4n) is 0.561. The number of terminal acetylenes is 1. The maximum Gasteiger partial charge on any atom is 0.204 e. The van der Waals surface area contributed by atoms with Crippen molar-refractivity contribution in [3.63, 3.8) is 0 Å². The second kappa shape index (κ2) is 3.57. The third-order valence-corrected chi connectivity index (χ3v) is 3.01. The SMILES string of the molecule is C#CC(=O)CC[Si](C)(C)C. The van der Waals surface area contributed by atoms with Crippen molar-refractivity contribution in [2.45, 2.75) is 32.1 Å². The van der Waals surface area contributed by atoms with Gasteiger partial charge in [0.1, 0.15) is 0 Å². The van der Waals surface area contributed by atoms with Gasteiger partial charge in [-0.3, -0.25) is 4.79 Å². The maximum atomic E-state index is 10.6. The van der Waals surface area contributed by atoms with E-state index in [0.29, 0.717) is 6.42 Å². The Labute approximate surface area is 63.8 Å². The van der Waals surface area contributed by atoms with Crippen LogP contribution in [0.25, 0.3) is 0 Å². The molecule has 0 spiro atoms. The first kappa shape index (κ1) is 9.45. The highest BCUT2D eigenvalue weighted by Crippen LogP contribution is 2.10. The summed E-state index contributed by atoms with van der Waals surface area (Å²) >= 11 is 0. The highest BCUT2D eigenvalue weighted by molar-refractivity contribution is 6.76. The van der Waals surface area contributed by atoms with Gasteiger partial charge < -0.3 is 0 Å². The van der Waals surface area contributed by atoms with Crippen molar-refractivity contribution in [1.29, 1.82) is 0 Å². The Morgan fingerprint density at radius 2 is 2.00 bits per heavy atom. The Morgan fingerprint density at radius 1 is 1.50 bits per heavy atom. The van der Waals surface area contributed by atoms with Gasteiger partial charge in [-0.05, 0) is 12.0 Å². The molecule has 0 rings (SSSR count). The Balaban J connectivity index is 3.58. The van der Waals surface area contributed by atoms with E-state index in [9.17, 15) is 4.79 Å². The average Bonchev–Trinajstić information content (AvgIpc) is 1.81. The zero-order chi connectivity index (χ0) is 8.20. The molecule has 0 heterocycles. The van der Waals surface area contributed by atoms with Gasteiger partial charge in [0.15, 0.2) is 0 Å². The molecule has 0 fully saturated rings. The molecule has 0 radical (unpaired) electrons. The van der Waals surface area contributed by atoms with Crippen LogP contribution in [0.4, 0.5) is 0 Å². The van der Waals surface area contributed by atoms with Gasteiger partial charge in [0.05, 0.1) is 0 Å². The van der Waals surface area contributed by atoms with E-state index in [1.54, 1.807) is 0 Å². The van der Waals surface area contributed by atoms with Crippen molar-refractivity contribution in [2.24, 2.45) is 0 Å². The second-order valence-electron chi connectivity index (χ2n) is 3.63. The van der Waals surface area contributed by atoms with E-state index in [1.165, 1.54) is 0 Å². The predicted molar refractivity (Wildman–Crippen MR) is 46.6 cm³/mol. The first-order valence-electron chi connectivity index (χ1n) is 3.45. The van der Waals surface area contributed by atoms with Crippen LogP contribution in [-0.2, 0) is 4.79 Å². The molecule has 0 aliphatic carbocycles. The summed E-state index contributed by atoms with van der Waals surface area (Å²) in [5, 5.41) is 0. The third-order valence-electron chi connectivity index (χ3n) is 1.26. The quantitative estimate of drug-likeness (QED) is 0.345. The van der Waals surface area contributed by atoms with Crippen LogP contribution in [0.5, 0.6) is 0 Å². The van der Waals surface area contributed by atoms with Crippen molar-refractivity contribution in [1.82, 2.24) is 0 Å². The lowest BCUT2D eigenvalue weighted by molar-refractivity contribution is -0.113. The van der Waals surface area contributed by atoms with Gasteiger partial charge in [-0.15, -0.1) is 6.42 Å². The van der Waals surface area contributed by atoms with E-state index in [2.05, 4.69) is 25.6 Å². The summed E-state index contributed by atoms with van der Waals surface area (Å²) in [7, 11) is -1.05. The van der Waals surface area contributed by atoms with Gasteiger partial charge in [0.25, 0.3) is 0 Å². The molecule has 1 nitrogen and oxygen atoms in total. The molecule has 0 saturated carbocycles. The molecule has 0 aromatic carbocycles. The number of hydrogen-bond donors (Lipinski definition) is 0. The molecule has 0 aromatic rings. The molecule has 2 heteroatoms. The minimum atomic E-state index is -1.05. The number of hydrogen-bond acceptors (Lipinski definition) is 1.